The number of nitrogens with zero attached hydrogens (tertiary/aromatic N) is 5. The van der Waals surface area contributed by atoms with Crippen LogP contribution < -0.4 is 49.5 Å². The van der Waals surface area contributed by atoms with Gasteiger partial charge < -0.3 is 74.6 Å². The third-order valence-corrected chi connectivity index (χ3v) is 15.9. The number of aliphatic hydroxyl groups is 3. The van der Waals surface area contributed by atoms with Gasteiger partial charge in [-0.1, -0.05) is 126 Å². The number of hydrogen-bond donors (Lipinski definition) is 12. The molecule has 532 valence electrons. The monoisotopic (exact) mass is 1300 g/mol. The van der Waals surface area contributed by atoms with Crippen molar-refractivity contribution in [2.75, 3.05) is 85.1 Å². The molecule has 0 aliphatic rings. The second-order valence-corrected chi connectivity index (χ2v) is 26.9. The van der Waals surface area contributed by atoms with Crippen LogP contribution in [-0.4, -0.2) is 221 Å². The number of nitrogens with two attached hydrogens (primary N) is 4. The minimum Gasteiger partial charge on any atom is -0.378 e. The number of primary amides is 1. The summed E-state index contributed by atoms with van der Waals surface area (Å²) in [6.45, 7) is 20.1. The van der Waals surface area contributed by atoms with Crippen molar-refractivity contribution in [2.24, 2.45) is 40.7 Å². The molecule has 3 unspecified atom stereocenters. The summed E-state index contributed by atoms with van der Waals surface area (Å²) in [4.78, 5) is 114. The SMILES string of the molecule is CCCCCCCCCCCCCCCC(=O)N[C@@H](C)CN(CC(=O)N[C@@H](C)CN(CC(=O)N[C@@H](CC(C)C)CN(CC(=O)N[C@@H](CC(C)C)CN(CC(=O)N[C@@H](CC(C)C)CN(CC(N)=O)C(O)CCCN)C(O)CCCN)C(O)CCCN)C(C)=O)C(C)=O. The quantitative estimate of drug-likeness (QED) is 0.0307. The van der Waals surface area contributed by atoms with Crippen LogP contribution in [0.3, 0.4) is 0 Å². The Bertz CT molecular complexity index is 2010. The Kier molecular flexibility index (Phi) is 49.2. The molecule has 0 aliphatic heterocycles. The summed E-state index contributed by atoms with van der Waals surface area (Å²) in [6.07, 6.45) is 16.5. The van der Waals surface area contributed by atoms with Gasteiger partial charge in [-0.2, -0.15) is 0 Å². The summed E-state index contributed by atoms with van der Waals surface area (Å²) in [5, 5.41) is 49.2. The van der Waals surface area contributed by atoms with Gasteiger partial charge in [-0.05, 0) is 115 Å². The molecule has 0 aromatic heterocycles. The van der Waals surface area contributed by atoms with E-state index in [0.717, 1.165) is 19.3 Å². The lowest BCUT2D eigenvalue weighted by atomic mass is 10.0. The first kappa shape index (κ1) is 86.4. The molecule has 0 rings (SSSR count). The number of carbonyl (C=O) groups excluding carboxylic acids is 8. The van der Waals surface area contributed by atoms with Crippen molar-refractivity contribution in [2.45, 2.75) is 273 Å². The molecule has 91 heavy (non-hydrogen) atoms. The van der Waals surface area contributed by atoms with Gasteiger partial charge in [-0.15, -0.1) is 0 Å². The van der Waals surface area contributed by atoms with Gasteiger partial charge in [0, 0.05) is 83.2 Å². The highest BCUT2D eigenvalue weighted by Crippen LogP contribution is 2.17. The first-order valence-corrected chi connectivity index (χ1v) is 34.7. The normalized spacial score (nSPS) is 14.5. The molecule has 0 saturated carbocycles. The Labute approximate surface area is 548 Å². The standard InChI is InChI=1S/C66H132N14O11/c1-12-13-14-15-16-17-18-19-20-21-22-23-24-28-59(84)71-51(8)38-76(53(10)81)44-60(85)72-52(9)39-77(54(11)82)45-61(86)73-56(36-49(4)5)41-79(65(90)30-26-33-68)47-63(88)75-57(37-50(6)7)42-80(66(91)31-27-34-69)46-62(87)74-55(35-48(2)3)40-78(43-58(70)83)64(89)29-25-32-67/h48-52,55-57,64-66,89-91H,12-47,67-69H2,1-11H3,(H2,70,83)(H,71,84)(H,72,85)(H,73,86)(H,74,87)(H,75,88)/t51-,52-,55-,56-,57-,64?,65?,66?/m0/s1. The highest BCUT2D eigenvalue weighted by atomic mass is 16.3. The number of amides is 8. The van der Waals surface area contributed by atoms with Gasteiger partial charge in [0.1, 0.15) is 18.7 Å². The molecule has 16 N–H and O–H groups in total. The van der Waals surface area contributed by atoms with Crippen molar-refractivity contribution in [1.29, 1.82) is 0 Å². The summed E-state index contributed by atoms with van der Waals surface area (Å²) >= 11 is 0. The second-order valence-electron chi connectivity index (χ2n) is 26.9. The van der Waals surface area contributed by atoms with Gasteiger partial charge in [0.2, 0.25) is 47.3 Å². The Hall–Kier alpha value is -4.60. The second kappa shape index (κ2) is 51.8. The maximum atomic E-state index is 14.3. The van der Waals surface area contributed by atoms with Crippen LogP contribution in [0.2, 0.25) is 0 Å². The van der Waals surface area contributed by atoms with Crippen molar-refractivity contribution in [1.82, 2.24) is 51.1 Å². The molecule has 0 bridgehead atoms. The molecule has 25 nitrogen and oxygen atoms in total. The topological polar surface area (TPSA) is 378 Å². The number of rotatable bonds is 57. The number of unbranched alkanes of at least 4 members (excludes halogenated alkanes) is 12. The van der Waals surface area contributed by atoms with E-state index in [1.165, 1.54) is 92.8 Å². The van der Waals surface area contributed by atoms with Crippen LogP contribution in [0.1, 0.15) is 224 Å². The van der Waals surface area contributed by atoms with Crippen LogP contribution in [0.15, 0.2) is 0 Å². The van der Waals surface area contributed by atoms with Gasteiger partial charge in [0.05, 0.1) is 32.7 Å². The lowest BCUT2D eigenvalue weighted by Gasteiger charge is -2.35. The molecule has 0 aliphatic carbocycles. The minimum absolute atomic E-state index is 0.0281. The van der Waals surface area contributed by atoms with Crippen LogP contribution in [-0.2, 0) is 38.4 Å². The Morgan fingerprint density at radius 2 is 0.659 bits per heavy atom. The summed E-state index contributed by atoms with van der Waals surface area (Å²) < 4.78 is 0. The van der Waals surface area contributed by atoms with Crippen molar-refractivity contribution in [3.8, 4) is 0 Å². The largest absolute Gasteiger partial charge is 0.378 e. The molecule has 0 saturated heterocycles. The van der Waals surface area contributed by atoms with Crippen LogP contribution in [0.4, 0.5) is 0 Å². The van der Waals surface area contributed by atoms with Gasteiger partial charge in [-0.3, -0.25) is 53.1 Å². The van der Waals surface area contributed by atoms with Crippen LogP contribution in [0.5, 0.6) is 0 Å². The Balaban J connectivity index is 6.05. The van der Waals surface area contributed by atoms with E-state index in [1.54, 1.807) is 23.6 Å². The van der Waals surface area contributed by atoms with Gasteiger partial charge in [0.15, 0.2) is 0 Å². The van der Waals surface area contributed by atoms with E-state index in [4.69, 9.17) is 22.9 Å². The minimum atomic E-state index is -1.14. The predicted molar refractivity (Wildman–Crippen MR) is 361 cm³/mol. The van der Waals surface area contributed by atoms with E-state index >= 15 is 0 Å². The van der Waals surface area contributed by atoms with E-state index in [9.17, 15) is 53.7 Å². The van der Waals surface area contributed by atoms with Crippen LogP contribution in [0.25, 0.3) is 0 Å². The number of carbonyl (C=O) groups is 8. The molecule has 0 aromatic carbocycles. The molecule has 0 spiro atoms. The Morgan fingerprint density at radius 3 is 0.956 bits per heavy atom. The van der Waals surface area contributed by atoms with E-state index in [0.29, 0.717) is 64.5 Å². The zero-order valence-electron chi connectivity index (χ0n) is 58.5. The molecule has 0 fully saturated rings. The Morgan fingerprint density at radius 1 is 0.374 bits per heavy atom. The highest BCUT2D eigenvalue weighted by Gasteiger charge is 2.31. The fourth-order valence-electron chi connectivity index (χ4n) is 11.5. The zero-order chi connectivity index (χ0) is 68.8. The molecule has 0 aromatic rings. The molecule has 8 amide bonds. The third-order valence-electron chi connectivity index (χ3n) is 15.9. The molecule has 0 radical (unpaired) electrons. The predicted octanol–water partition coefficient (Wildman–Crippen LogP) is 3.33. The van der Waals surface area contributed by atoms with Crippen molar-refractivity contribution in [3.63, 3.8) is 0 Å². The highest BCUT2D eigenvalue weighted by molar-refractivity contribution is 5.85. The number of nitrogens with one attached hydrogen (secondary N) is 5. The number of hydrogen-bond acceptors (Lipinski definition) is 17. The first-order chi connectivity index (χ1) is 43.0. The first-order valence-electron chi connectivity index (χ1n) is 34.7. The lowest BCUT2D eigenvalue weighted by molar-refractivity contribution is -0.136. The van der Waals surface area contributed by atoms with E-state index < -0.39 is 84.3 Å². The van der Waals surface area contributed by atoms with Crippen LogP contribution in [0, 0.1) is 17.8 Å². The third kappa shape index (κ3) is 45.4. The van der Waals surface area contributed by atoms with E-state index in [2.05, 4.69) is 33.5 Å². The smallest absolute Gasteiger partial charge is 0.239 e. The van der Waals surface area contributed by atoms with Gasteiger partial charge in [0.25, 0.3) is 0 Å². The molecule has 25 heteroatoms. The summed E-state index contributed by atoms with van der Waals surface area (Å²) in [6, 6.07) is -2.71. The fourth-order valence-corrected chi connectivity index (χ4v) is 11.5. The maximum absolute atomic E-state index is 14.3. The van der Waals surface area contributed by atoms with Crippen molar-refractivity contribution in [3.05, 3.63) is 0 Å². The average molecular weight is 1300 g/mol. The molecule has 8 atom stereocenters. The van der Waals surface area contributed by atoms with Crippen molar-refractivity contribution >= 4 is 47.3 Å². The lowest BCUT2D eigenvalue weighted by Crippen LogP contribution is -2.56. The molecule has 0 heterocycles. The zero-order valence-corrected chi connectivity index (χ0v) is 58.5. The fraction of sp³-hybridized carbons (Fsp3) is 0.879. The van der Waals surface area contributed by atoms with Gasteiger partial charge in [-0.25, -0.2) is 0 Å². The molecular formula is C66H132N14O11. The van der Waals surface area contributed by atoms with E-state index in [-0.39, 0.29) is 114 Å². The average Bonchev–Trinajstić information content (AvgIpc) is 1.94. The summed E-state index contributed by atoms with van der Waals surface area (Å²) in [5.74, 6) is -3.11. The molecular weight excluding hydrogens is 1160 g/mol. The van der Waals surface area contributed by atoms with E-state index in [1.807, 2.05) is 41.5 Å². The maximum Gasteiger partial charge on any atom is 0.239 e. The summed E-state index contributed by atoms with van der Waals surface area (Å²) in [7, 11) is 0. The van der Waals surface area contributed by atoms with Crippen LogP contribution >= 0.6 is 0 Å². The van der Waals surface area contributed by atoms with Crippen molar-refractivity contribution < 1.29 is 53.7 Å². The number of aliphatic hydroxyl groups excluding tert-OH is 3. The summed E-state index contributed by atoms with van der Waals surface area (Å²) in [5.41, 5.74) is 23.0. The van der Waals surface area contributed by atoms with Gasteiger partial charge >= 0.3 is 0 Å².